The molecule has 0 bridgehead atoms. The molecule has 3 rings (SSSR count). The first-order valence-corrected chi connectivity index (χ1v) is 9.64. The maximum absolute atomic E-state index is 12.3. The predicted octanol–water partition coefficient (Wildman–Crippen LogP) is 6.61. The van der Waals surface area contributed by atoms with E-state index in [0.29, 0.717) is 11.3 Å². The first-order chi connectivity index (χ1) is 13.2. The molecule has 0 atom stereocenters. The molecule has 138 valence electrons. The first-order valence-electron chi connectivity index (χ1n) is 9.64. The summed E-state index contributed by atoms with van der Waals surface area (Å²) >= 11 is 0. The Hall–Kier alpha value is -2.87. The molecule has 0 saturated carbocycles. The fraction of sp³-hybridized carbons (Fsp3) is 0.240. The highest BCUT2D eigenvalue weighted by atomic mass is 16.5. The van der Waals surface area contributed by atoms with Crippen LogP contribution in [0.1, 0.15) is 47.7 Å². The molecule has 0 aliphatic carbocycles. The van der Waals surface area contributed by atoms with Crippen LogP contribution in [0.5, 0.6) is 5.75 Å². The van der Waals surface area contributed by atoms with Crippen LogP contribution in [-0.4, -0.2) is 5.97 Å². The Morgan fingerprint density at radius 2 is 1.37 bits per heavy atom. The van der Waals surface area contributed by atoms with Gasteiger partial charge < -0.3 is 4.74 Å². The number of rotatable bonds is 7. The van der Waals surface area contributed by atoms with Crippen LogP contribution in [0.3, 0.4) is 0 Å². The maximum Gasteiger partial charge on any atom is 0.343 e. The van der Waals surface area contributed by atoms with Gasteiger partial charge in [0.2, 0.25) is 0 Å². The van der Waals surface area contributed by atoms with Crippen molar-refractivity contribution in [1.29, 1.82) is 0 Å². The number of unbranched alkanes of at least 4 members (excludes halogenated alkanes) is 2. The second kappa shape index (κ2) is 9.18. The van der Waals surface area contributed by atoms with Crippen molar-refractivity contribution in [3.8, 4) is 16.9 Å². The van der Waals surface area contributed by atoms with Crippen LogP contribution in [0, 0.1) is 6.92 Å². The van der Waals surface area contributed by atoms with E-state index in [1.807, 2.05) is 55.5 Å². The molecule has 0 amide bonds. The number of benzene rings is 3. The van der Waals surface area contributed by atoms with Gasteiger partial charge in [-0.2, -0.15) is 0 Å². The predicted molar refractivity (Wildman–Crippen MR) is 111 cm³/mol. The van der Waals surface area contributed by atoms with Crippen molar-refractivity contribution in [2.24, 2.45) is 0 Å². The van der Waals surface area contributed by atoms with Gasteiger partial charge in [0.05, 0.1) is 5.56 Å². The number of aryl methyl sites for hydroxylation is 2. The molecule has 2 nitrogen and oxygen atoms in total. The van der Waals surface area contributed by atoms with Crippen LogP contribution in [-0.2, 0) is 6.42 Å². The molecule has 3 aromatic carbocycles. The summed E-state index contributed by atoms with van der Waals surface area (Å²) in [6, 6.07) is 23.8. The zero-order valence-electron chi connectivity index (χ0n) is 16.1. The molecule has 0 N–H and O–H groups in total. The summed E-state index contributed by atoms with van der Waals surface area (Å²) in [7, 11) is 0. The van der Waals surface area contributed by atoms with Crippen molar-refractivity contribution in [2.75, 3.05) is 0 Å². The van der Waals surface area contributed by atoms with Gasteiger partial charge in [-0.15, -0.1) is 0 Å². The van der Waals surface area contributed by atoms with E-state index in [-0.39, 0.29) is 5.97 Å². The number of carbonyl (C=O) groups is 1. The van der Waals surface area contributed by atoms with Gasteiger partial charge in [0.1, 0.15) is 5.75 Å². The molecule has 0 aliphatic heterocycles. The van der Waals surface area contributed by atoms with E-state index >= 15 is 0 Å². The van der Waals surface area contributed by atoms with Crippen LogP contribution in [0.25, 0.3) is 11.1 Å². The third kappa shape index (κ3) is 5.30. The molecule has 0 radical (unpaired) electrons. The Kier molecular flexibility index (Phi) is 6.43. The number of hydrogen-bond donors (Lipinski definition) is 0. The van der Waals surface area contributed by atoms with Crippen molar-refractivity contribution in [3.63, 3.8) is 0 Å². The summed E-state index contributed by atoms with van der Waals surface area (Å²) in [6.07, 6.45) is 4.91. The Morgan fingerprint density at radius 3 is 1.96 bits per heavy atom. The normalized spacial score (nSPS) is 10.6. The molecule has 2 heteroatoms. The van der Waals surface area contributed by atoms with Crippen LogP contribution in [0.15, 0.2) is 72.8 Å². The second-order valence-electron chi connectivity index (χ2n) is 6.93. The second-order valence-corrected chi connectivity index (χ2v) is 6.93. The van der Waals surface area contributed by atoms with Crippen molar-refractivity contribution < 1.29 is 9.53 Å². The van der Waals surface area contributed by atoms with Crippen molar-refractivity contribution in [3.05, 3.63) is 89.5 Å². The molecular formula is C25H26O2. The van der Waals surface area contributed by atoms with Gasteiger partial charge in [0.15, 0.2) is 0 Å². The van der Waals surface area contributed by atoms with Crippen molar-refractivity contribution in [1.82, 2.24) is 0 Å². The molecule has 0 saturated heterocycles. The highest BCUT2D eigenvalue weighted by molar-refractivity contribution is 5.91. The summed E-state index contributed by atoms with van der Waals surface area (Å²) < 4.78 is 5.42. The summed E-state index contributed by atoms with van der Waals surface area (Å²) in [5.74, 6) is 0.227. The standard InChI is InChI=1S/C25H26O2/c1-3-4-5-6-20-9-11-21(12-10-20)22-13-15-23(16-14-22)25(26)27-24-17-7-19(2)8-18-24/h7-18H,3-6H2,1-2H3. The minimum absolute atomic E-state index is 0.336. The average Bonchev–Trinajstić information content (AvgIpc) is 2.70. The third-order valence-corrected chi connectivity index (χ3v) is 4.71. The van der Waals surface area contributed by atoms with E-state index in [4.69, 9.17) is 4.74 Å². The first kappa shape index (κ1) is 18.9. The Bertz CT molecular complexity index is 860. The summed E-state index contributed by atoms with van der Waals surface area (Å²) in [4.78, 5) is 12.3. The largest absolute Gasteiger partial charge is 0.423 e. The third-order valence-electron chi connectivity index (χ3n) is 4.71. The minimum atomic E-state index is -0.336. The number of carbonyl (C=O) groups excluding carboxylic acids is 1. The van der Waals surface area contributed by atoms with Crippen LogP contribution >= 0.6 is 0 Å². The quantitative estimate of drug-likeness (QED) is 0.270. The Labute approximate surface area is 161 Å². The number of esters is 1. The summed E-state index contributed by atoms with van der Waals surface area (Å²) in [6.45, 7) is 4.23. The molecule has 0 unspecified atom stereocenters. The van der Waals surface area contributed by atoms with Gasteiger partial charge in [-0.05, 0) is 60.7 Å². The smallest absolute Gasteiger partial charge is 0.343 e. The van der Waals surface area contributed by atoms with E-state index in [9.17, 15) is 4.79 Å². The molecule has 0 fully saturated rings. The highest BCUT2D eigenvalue weighted by Gasteiger charge is 2.09. The fourth-order valence-electron chi connectivity index (χ4n) is 3.01. The zero-order valence-corrected chi connectivity index (χ0v) is 16.1. The lowest BCUT2D eigenvalue weighted by molar-refractivity contribution is 0.0735. The van der Waals surface area contributed by atoms with Crippen LogP contribution in [0.2, 0.25) is 0 Å². The molecule has 0 spiro atoms. The molecule has 0 heterocycles. The summed E-state index contributed by atoms with van der Waals surface area (Å²) in [5, 5.41) is 0. The molecule has 27 heavy (non-hydrogen) atoms. The molecular weight excluding hydrogens is 332 g/mol. The van der Waals surface area contributed by atoms with Gasteiger partial charge in [0.25, 0.3) is 0 Å². The summed E-state index contributed by atoms with van der Waals surface area (Å²) in [5.41, 5.74) is 5.33. The lowest BCUT2D eigenvalue weighted by atomic mass is 10.0. The monoisotopic (exact) mass is 358 g/mol. The molecule has 0 aliphatic rings. The average molecular weight is 358 g/mol. The van der Waals surface area contributed by atoms with Gasteiger partial charge in [-0.25, -0.2) is 4.79 Å². The number of hydrogen-bond acceptors (Lipinski definition) is 2. The highest BCUT2D eigenvalue weighted by Crippen LogP contribution is 2.22. The van der Waals surface area contributed by atoms with Gasteiger partial charge in [-0.1, -0.05) is 73.9 Å². The van der Waals surface area contributed by atoms with Crippen molar-refractivity contribution in [2.45, 2.75) is 39.5 Å². The van der Waals surface area contributed by atoms with Crippen molar-refractivity contribution >= 4 is 5.97 Å². The topological polar surface area (TPSA) is 26.3 Å². The Morgan fingerprint density at radius 1 is 0.778 bits per heavy atom. The Balaban J connectivity index is 1.64. The minimum Gasteiger partial charge on any atom is -0.423 e. The number of ether oxygens (including phenoxy) is 1. The lowest BCUT2D eigenvalue weighted by Crippen LogP contribution is -2.08. The van der Waals surface area contributed by atoms with E-state index < -0.39 is 0 Å². The van der Waals surface area contributed by atoms with E-state index in [1.165, 1.54) is 24.8 Å². The van der Waals surface area contributed by atoms with E-state index in [1.54, 1.807) is 0 Å². The van der Waals surface area contributed by atoms with Gasteiger partial charge in [0, 0.05) is 0 Å². The van der Waals surface area contributed by atoms with E-state index in [2.05, 4.69) is 31.2 Å². The van der Waals surface area contributed by atoms with Crippen LogP contribution in [0.4, 0.5) is 0 Å². The SMILES string of the molecule is CCCCCc1ccc(-c2ccc(C(=O)Oc3ccc(C)cc3)cc2)cc1. The van der Waals surface area contributed by atoms with Gasteiger partial charge >= 0.3 is 5.97 Å². The van der Waals surface area contributed by atoms with Crippen LogP contribution < -0.4 is 4.74 Å². The van der Waals surface area contributed by atoms with Gasteiger partial charge in [-0.3, -0.25) is 0 Å². The fourth-order valence-corrected chi connectivity index (χ4v) is 3.01. The molecule has 3 aromatic rings. The van der Waals surface area contributed by atoms with E-state index in [0.717, 1.165) is 23.1 Å². The molecule has 0 aromatic heterocycles. The zero-order chi connectivity index (χ0) is 19.1. The maximum atomic E-state index is 12.3. The lowest BCUT2D eigenvalue weighted by Gasteiger charge is -2.07.